The van der Waals surface area contributed by atoms with E-state index in [1.165, 1.54) is 4.90 Å². The molecule has 2 aromatic carbocycles. The molecule has 1 amide bonds. The molecule has 31 heavy (non-hydrogen) atoms. The molecule has 5 rings (SSSR count). The number of anilines is 1. The number of nitrogens with zero attached hydrogens (tertiary/aromatic N) is 2. The fourth-order valence-corrected chi connectivity index (χ4v) is 4.33. The molecule has 0 bridgehead atoms. The van der Waals surface area contributed by atoms with E-state index in [1.54, 1.807) is 31.4 Å². The molecule has 0 aliphatic carbocycles. The molecular formula is C24H17BrN2O4. The Kier molecular flexibility index (Phi) is 4.63. The summed E-state index contributed by atoms with van der Waals surface area (Å²) in [5.41, 5.74) is 1.92. The zero-order valence-electron chi connectivity index (χ0n) is 16.8. The first-order valence-electron chi connectivity index (χ1n) is 9.65. The van der Waals surface area contributed by atoms with Gasteiger partial charge in [-0.3, -0.25) is 14.5 Å². The molecule has 3 heterocycles. The lowest BCUT2D eigenvalue weighted by atomic mass is 9.98. The number of amides is 1. The van der Waals surface area contributed by atoms with E-state index in [9.17, 15) is 9.59 Å². The van der Waals surface area contributed by atoms with Gasteiger partial charge in [-0.2, -0.15) is 0 Å². The molecule has 0 spiro atoms. The van der Waals surface area contributed by atoms with Gasteiger partial charge in [0.1, 0.15) is 17.2 Å². The van der Waals surface area contributed by atoms with Crippen molar-refractivity contribution in [1.29, 1.82) is 0 Å². The van der Waals surface area contributed by atoms with Crippen molar-refractivity contribution >= 4 is 38.6 Å². The van der Waals surface area contributed by atoms with E-state index < -0.39 is 11.9 Å². The van der Waals surface area contributed by atoms with Crippen molar-refractivity contribution in [3.63, 3.8) is 0 Å². The SMILES string of the molecule is COc1cccc([C@@H]2c3c(oc4ccc(Br)cc4c3=O)C(=O)N2c2cccc(C)n2)c1. The van der Waals surface area contributed by atoms with Crippen molar-refractivity contribution in [3.8, 4) is 5.75 Å². The van der Waals surface area contributed by atoms with Gasteiger partial charge in [-0.25, -0.2) is 4.98 Å². The van der Waals surface area contributed by atoms with E-state index >= 15 is 0 Å². The molecule has 0 saturated heterocycles. The highest BCUT2D eigenvalue weighted by atomic mass is 79.9. The summed E-state index contributed by atoms with van der Waals surface area (Å²) in [5.74, 6) is 0.719. The van der Waals surface area contributed by atoms with Gasteiger partial charge in [0.15, 0.2) is 5.43 Å². The molecular weight excluding hydrogens is 460 g/mol. The molecule has 0 radical (unpaired) electrons. The Morgan fingerprint density at radius 2 is 1.87 bits per heavy atom. The van der Waals surface area contributed by atoms with Crippen LogP contribution in [0.25, 0.3) is 11.0 Å². The summed E-state index contributed by atoms with van der Waals surface area (Å²) in [5, 5.41) is 0.410. The van der Waals surface area contributed by atoms with Gasteiger partial charge in [-0.15, -0.1) is 0 Å². The zero-order chi connectivity index (χ0) is 21.7. The van der Waals surface area contributed by atoms with Crippen LogP contribution in [0.15, 0.2) is 74.3 Å². The number of ether oxygens (including phenoxy) is 1. The molecule has 1 aliphatic heterocycles. The first-order chi connectivity index (χ1) is 15.0. The maximum absolute atomic E-state index is 13.6. The Bertz CT molecular complexity index is 1410. The summed E-state index contributed by atoms with van der Waals surface area (Å²) in [4.78, 5) is 33.2. The molecule has 0 saturated carbocycles. The molecule has 1 atom stereocenters. The summed E-state index contributed by atoms with van der Waals surface area (Å²) in [6.07, 6.45) is 0. The summed E-state index contributed by atoms with van der Waals surface area (Å²) in [6, 6.07) is 17.3. The first-order valence-corrected chi connectivity index (χ1v) is 10.4. The molecule has 1 aliphatic rings. The van der Waals surface area contributed by atoms with Gasteiger partial charge >= 0.3 is 0 Å². The number of carbonyl (C=O) groups is 1. The summed E-state index contributed by atoms with van der Waals surface area (Å²) in [7, 11) is 1.58. The zero-order valence-corrected chi connectivity index (χ0v) is 18.3. The first kappa shape index (κ1) is 19.5. The van der Waals surface area contributed by atoms with Crippen LogP contribution in [0.5, 0.6) is 5.75 Å². The lowest BCUT2D eigenvalue weighted by molar-refractivity contribution is 0.0970. The van der Waals surface area contributed by atoms with Gasteiger partial charge in [0.2, 0.25) is 5.76 Å². The average molecular weight is 477 g/mol. The number of fused-ring (bicyclic) bond motifs is 2. The Labute approximate surface area is 186 Å². The summed E-state index contributed by atoms with van der Waals surface area (Å²) in [6.45, 7) is 1.85. The summed E-state index contributed by atoms with van der Waals surface area (Å²) >= 11 is 3.41. The van der Waals surface area contributed by atoms with Crippen molar-refractivity contribution in [1.82, 2.24) is 4.98 Å². The van der Waals surface area contributed by atoms with Crippen molar-refractivity contribution in [2.24, 2.45) is 0 Å². The fraction of sp³-hybridized carbons (Fsp3) is 0.125. The number of pyridine rings is 1. The number of aryl methyl sites for hydroxylation is 1. The Morgan fingerprint density at radius 3 is 2.65 bits per heavy atom. The fourth-order valence-electron chi connectivity index (χ4n) is 3.97. The van der Waals surface area contributed by atoms with Crippen LogP contribution < -0.4 is 15.1 Å². The molecule has 6 nitrogen and oxygen atoms in total. The largest absolute Gasteiger partial charge is 0.497 e. The molecule has 154 valence electrons. The van der Waals surface area contributed by atoms with Crippen LogP contribution in [-0.2, 0) is 0 Å². The van der Waals surface area contributed by atoms with Crippen molar-refractivity contribution in [3.05, 3.63) is 97.9 Å². The Balaban J connectivity index is 1.83. The highest BCUT2D eigenvalue weighted by molar-refractivity contribution is 9.10. The van der Waals surface area contributed by atoms with Crippen LogP contribution in [0.3, 0.4) is 0 Å². The summed E-state index contributed by atoms with van der Waals surface area (Å²) < 4.78 is 12.1. The molecule has 0 unspecified atom stereocenters. The molecule has 0 fully saturated rings. The Hall–Kier alpha value is -3.45. The maximum Gasteiger partial charge on any atom is 0.296 e. The van der Waals surface area contributed by atoms with E-state index in [2.05, 4.69) is 20.9 Å². The van der Waals surface area contributed by atoms with E-state index in [0.717, 1.165) is 15.7 Å². The quantitative estimate of drug-likeness (QED) is 0.415. The molecule has 2 aromatic heterocycles. The highest BCUT2D eigenvalue weighted by Crippen LogP contribution is 2.41. The van der Waals surface area contributed by atoms with Crippen LogP contribution in [0.2, 0.25) is 0 Å². The lowest BCUT2D eigenvalue weighted by Crippen LogP contribution is -2.30. The number of carbonyl (C=O) groups excluding carboxylic acids is 1. The van der Waals surface area contributed by atoms with Crippen molar-refractivity contribution < 1.29 is 13.9 Å². The standard InChI is InChI=1S/C24H17BrN2O4/c1-13-5-3-8-19(26-13)27-21(14-6-4-7-16(11-14)30-2)20-22(28)17-12-15(25)9-10-18(17)31-23(20)24(27)29/h3-12,21H,1-2H3/t21-/m1/s1. The minimum Gasteiger partial charge on any atom is -0.497 e. The number of rotatable bonds is 3. The van der Waals surface area contributed by atoms with Gasteiger partial charge in [0.25, 0.3) is 5.91 Å². The minimum absolute atomic E-state index is 0.0379. The number of aromatic nitrogens is 1. The lowest BCUT2D eigenvalue weighted by Gasteiger charge is -2.24. The number of hydrogen-bond acceptors (Lipinski definition) is 5. The second-order valence-electron chi connectivity index (χ2n) is 7.31. The second-order valence-corrected chi connectivity index (χ2v) is 8.22. The third-order valence-corrected chi connectivity index (χ3v) is 5.86. The average Bonchev–Trinajstić information content (AvgIpc) is 3.07. The number of benzene rings is 2. The minimum atomic E-state index is -0.688. The third-order valence-electron chi connectivity index (χ3n) is 5.36. The van der Waals surface area contributed by atoms with E-state index in [1.807, 2.05) is 43.3 Å². The molecule has 0 N–H and O–H groups in total. The van der Waals surface area contributed by atoms with E-state index in [-0.39, 0.29) is 11.2 Å². The van der Waals surface area contributed by atoms with Crippen molar-refractivity contribution in [2.45, 2.75) is 13.0 Å². The smallest absolute Gasteiger partial charge is 0.296 e. The van der Waals surface area contributed by atoms with Gasteiger partial charge in [0.05, 0.1) is 24.1 Å². The van der Waals surface area contributed by atoms with Crippen LogP contribution in [0, 0.1) is 6.92 Å². The molecule has 7 heteroatoms. The van der Waals surface area contributed by atoms with Crippen molar-refractivity contribution in [2.75, 3.05) is 12.0 Å². The topological polar surface area (TPSA) is 72.6 Å². The van der Waals surface area contributed by atoms with Crippen LogP contribution in [0.1, 0.15) is 33.4 Å². The van der Waals surface area contributed by atoms with Crippen LogP contribution in [-0.4, -0.2) is 18.0 Å². The normalized spacial score (nSPS) is 15.4. The highest BCUT2D eigenvalue weighted by Gasteiger charge is 2.44. The number of methoxy groups -OCH3 is 1. The van der Waals surface area contributed by atoms with Crippen LogP contribution >= 0.6 is 15.9 Å². The number of halogens is 1. The number of hydrogen-bond donors (Lipinski definition) is 0. The maximum atomic E-state index is 13.6. The van der Waals surface area contributed by atoms with Gasteiger partial charge in [-0.05, 0) is 55.0 Å². The van der Waals surface area contributed by atoms with Gasteiger partial charge in [-0.1, -0.05) is 34.1 Å². The van der Waals surface area contributed by atoms with Gasteiger partial charge < -0.3 is 9.15 Å². The van der Waals surface area contributed by atoms with Gasteiger partial charge in [0, 0.05) is 10.2 Å². The predicted octanol–water partition coefficient (Wildman–Crippen LogP) is 5.02. The van der Waals surface area contributed by atoms with E-state index in [4.69, 9.17) is 9.15 Å². The predicted molar refractivity (Wildman–Crippen MR) is 121 cm³/mol. The second kappa shape index (κ2) is 7.35. The molecule has 4 aromatic rings. The third kappa shape index (κ3) is 3.13. The van der Waals surface area contributed by atoms with Crippen LogP contribution in [0.4, 0.5) is 5.82 Å². The monoisotopic (exact) mass is 476 g/mol. The Morgan fingerprint density at radius 1 is 1.06 bits per heavy atom. The van der Waals surface area contributed by atoms with E-state index in [0.29, 0.717) is 28.1 Å².